The first kappa shape index (κ1) is 20.5. The smallest absolute Gasteiger partial charge is 0.341 e. The highest BCUT2D eigenvalue weighted by molar-refractivity contribution is 7.94. The molecule has 0 radical (unpaired) electrons. The van der Waals surface area contributed by atoms with Crippen molar-refractivity contribution in [1.82, 2.24) is 4.72 Å². The van der Waals surface area contributed by atoms with Crippen LogP contribution in [0.5, 0.6) is 0 Å². The maximum Gasteiger partial charge on any atom is 0.341 e. The van der Waals surface area contributed by atoms with E-state index in [1.807, 2.05) is 0 Å². The van der Waals surface area contributed by atoms with Gasteiger partial charge in [0.25, 0.3) is 0 Å². The third-order valence-electron chi connectivity index (χ3n) is 3.05. The van der Waals surface area contributed by atoms with Gasteiger partial charge in [-0.3, -0.25) is 4.79 Å². The molecule has 0 saturated heterocycles. The summed E-state index contributed by atoms with van der Waals surface area (Å²) in [6, 6.07) is 4.00. The summed E-state index contributed by atoms with van der Waals surface area (Å²) in [7, 11) is -9.59. The molecule has 0 aliphatic carbocycles. The molecule has 24 heavy (non-hydrogen) atoms. The van der Waals surface area contributed by atoms with Gasteiger partial charge in [0, 0.05) is 12.0 Å². The first-order chi connectivity index (χ1) is 10.8. The highest BCUT2D eigenvalue weighted by Crippen LogP contribution is 2.27. The molecule has 0 aliphatic heterocycles. The second kappa shape index (κ2) is 7.11. The van der Waals surface area contributed by atoms with E-state index >= 15 is 0 Å². The predicted molar refractivity (Wildman–Crippen MR) is 80.9 cm³/mol. The van der Waals surface area contributed by atoms with Gasteiger partial charge in [0.1, 0.15) is 4.90 Å². The second-order valence-corrected chi connectivity index (χ2v) is 9.17. The maximum absolute atomic E-state index is 12.7. The second-order valence-electron chi connectivity index (χ2n) is 5.64. The Balaban J connectivity index is 3.29. The van der Waals surface area contributed by atoms with Gasteiger partial charge >= 0.3 is 11.7 Å². The molecular weight excluding hydrogens is 368 g/mol. The number of nitrogens with one attached hydrogen (secondary N) is 1. The standard InChI is InChI=1S/C13H17F2NO6S2/c1-13(2,8-7-11(17)18)16-24(21,22)10-6-4-3-5-9(10)23(19,20)12(14)15/h3-6,12,16H,7-8H2,1-2H3,(H,17,18). The van der Waals surface area contributed by atoms with E-state index in [1.165, 1.54) is 19.9 Å². The van der Waals surface area contributed by atoms with Crippen LogP contribution in [-0.2, 0) is 24.7 Å². The number of hydrogen-bond acceptors (Lipinski definition) is 5. The number of aliphatic carboxylic acids is 1. The van der Waals surface area contributed by atoms with Crippen LogP contribution in [0, 0.1) is 0 Å². The Bertz CT molecular complexity index is 819. The van der Waals surface area contributed by atoms with E-state index in [4.69, 9.17) is 5.11 Å². The number of halogens is 2. The van der Waals surface area contributed by atoms with Crippen LogP contribution in [0.15, 0.2) is 34.1 Å². The third kappa shape index (κ3) is 4.95. The fourth-order valence-electron chi connectivity index (χ4n) is 1.89. The molecule has 11 heteroatoms. The van der Waals surface area contributed by atoms with Gasteiger partial charge in [0.2, 0.25) is 19.9 Å². The molecule has 0 bridgehead atoms. The molecule has 0 fully saturated rings. The lowest BCUT2D eigenvalue weighted by Gasteiger charge is -2.25. The van der Waals surface area contributed by atoms with Crippen LogP contribution in [0.1, 0.15) is 26.7 Å². The van der Waals surface area contributed by atoms with E-state index in [0.717, 1.165) is 18.2 Å². The minimum absolute atomic E-state index is 0.0780. The Labute approximate surface area is 138 Å². The van der Waals surface area contributed by atoms with Crippen molar-refractivity contribution in [2.75, 3.05) is 0 Å². The molecule has 0 heterocycles. The SMILES string of the molecule is CC(C)(CCC(=O)O)NS(=O)(=O)c1ccccc1S(=O)(=O)C(F)F. The number of hydrogen-bond donors (Lipinski definition) is 2. The zero-order valence-corrected chi connectivity index (χ0v) is 14.5. The Morgan fingerprint density at radius 2 is 1.67 bits per heavy atom. The van der Waals surface area contributed by atoms with Gasteiger partial charge in [-0.25, -0.2) is 21.6 Å². The Morgan fingerprint density at radius 1 is 1.17 bits per heavy atom. The quantitative estimate of drug-likeness (QED) is 0.702. The van der Waals surface area contributed by atoms with E-state index in [9.17, 15) is 30.4 Å². The molecule has 0 amide bonds. The Kier molecular flexibility index (Phi) is 6.06. The van der Waals surface area contributed by atoms with Gasteiger partial charge in [-0.2, -0.15) is 8.78 Å². The Hall–Kier alpha value is -1.59. The fraction of sp³-hybridized carbons (Fsp3) is 0.462. The first-order valence-corrected chi connectivity index (χ1v) is 9.69. The summed E-state index contributed by atoms with van der Waals surface area (Å²) in [5.41, 5.74) is -1.22. The molecule has 0 spiro atoms. The Morgan fingerprint density at radius 3 is 2.12 bits per heavy atom. The molecule has 1 rings (SSSR count). The fourth-order valence-corrected chi connectivity index (χ4v) is 4.91. The van der Waals surface area contributed by atoms with Crippen molar-refractivity contribution in [3.63, 3.8) is 0 Å². The number of rotatable bonds is 8. The number of sulfone groups is 1. The van der Waals surface area contributed by atoms with E-state index in [2.05, 4.69) is 4.72 Å². The number of carboxylic acids is 1. The van der Waals surface area contributed by atoms with Crippen molar-refractivity contribution in [3.8, 4) is 0 Å². The van der Waals surface area contributed by atoms with Crippen molar-refractivity contribution in [1.29, 1.82) is 0 Å². The van der Waals surface area contributed by atoms with Gasteiger partial charge < -0.3 is 5.11 Å². The summed E-state index contributed by atoms with van der Waals surface area (Å²) < 4.78 is 75.8. The topological polar surface area (TPSA) is 118 Å². The summed E-state index contributed by atoms with van der Waals surface area (Å²) >= 11 is 0. The molecule has 0 aromatic heterocycles. The molecule has 1 aromatic carbocycles. The molecule has 2 N–H and O–H groups in total. The minimum Gasteiger partial charge on any atom is -0.481 e. The third-order valence-corrected chi connectivity index (χ3v) is 6.38. The largest absolute Gasteiger partial charge is 0.481 e. The van der Waals surface area contributed by atoms with Gasteiger partial charge in [-0.05, 0) is 32.4 Å². The lowest BCUT2D eigenvalue weighted by Crippen LogP contribution is -2.44. The summed E-state index contributed by atoms with van der Waals surface area (Å²) in [6.07, 6.45) is -0.405. The number of sulfonamides is 1. The molecule has 136 valence electrons. The lowest BCUT2D eigenvalue weighted by atomic mass is 10.0. The molecule has 7 nitrogen and oxygen atoms in total. The van der Waals surface area contributed by atoms with Gasteiger partial charge in [-0.15, -0.1) is 0 Å². The number of benzene rings is 1. The van der Waals surface area contributed by atoms with E-state index in [0.29, 0.717) is 0 Å². The van der Waals surface area contributed by atoms with Crippen molar-refractivity contribution < 1.29 is 35.5 Å². The summed E-state index contributed by atoms with van der Waals surface area (Å²) in [4.78, 5) is 8.78. The van der Waals surface area contributed by atoms with Crippen molar-refractivity contribution in [3.05, 3.63) is 24.3 Å². The van der Waals surface area contributed by atoms with Crippen LogP contribution in [0.4, 0.5) is 8.78 Å². The van der Waals surface area contributed by atoms with Crippen LogP contribution in [0.2, 0.25) is 0 Å². The summed E-state index contributed by atoms with van der Waals surface area (Å²) in [5, 5.41) is 8.66. The van der Waals surface area contributed by atoms with Crippen LogP contribution in [0.25, 0.3) is 0 Å². The number of carboxylic acid groups (broad SMARTS) is 1. The van der Waals surface area contributed by atoms with Gasteiger partial charge in [0.15, 0.2) is 0 Å². The summed E-state index contributed by atoms with van der Waals surface area (Å²) in [6.45, 7) is 2.80. The van der Waals surface area contributed by atoms with Crippen LogP contribution >= 0.6 is 0 Å². The zero-order valence-electron chi connectivity index (χ0n) is 12.9. The van der Waals surface area contributed by atoms with E-state index in [-0.39, 0.29) is 12.8 Å². The maximum atomic E-state index is 12.7. The number of carbonyl (C=O) groups is 1. The average Bonchev–Trinajstić information content (AvgIpc) is 2.44. The highest BCUT2D eigenvalue weighted by Gasteiger charge is 2.35. The first-order valence-electron chi connectivity index (χ1n) is 6.66. The van der Waals surface area contributed by atoms with Crippen molar-refractivity contribution >= 4 is 25.8 Å². The van der Waals surface area contributed by atoms with Gasteiger partial charge in [-0.1, -0.05) is 12.1 Å². The molecule has 0 unspecified atom stereocenters. The van der Waals surface area contributed by atoms with Crippen molar-refractivity contribution in [2.45, 2.75) is 47.8 Å². The van der Waals surface area contributed by atoms with E-state index < -0.39 is 46.9 Å². The molecule has 0 atom stereocenters. The molecule has 1 aromatic rings. The molecule has 0 aliphatic rings. The molecule has 0 saturated carbocycles. The van der Waals surface area contributed by atoms with Crippen LogP contribution in [-0.4, -0.2) is 39.2 Å². The number of alkyl halides is 2. The average molecular weight is 385 g/mol. The minimum atomic E-state index is -5.12. The lowest BCUT2D eigenvalue weighted by molar-refractivity contribution is -0.137. The van der Waals surface area contributed by atoms with Gasteiger partial charge in [0.05, 0.1) is 4.90 Å². The highest BCUT2D eigenvalue weighted by atomic mass is 32.2. The van der Waals surface area contributed by atoms with Crippen molar-refractivity contribution in [2.24, 2.45) is 0 Å². The zero-order chi connectivity index (χ0) is 18.8. The van der Waals surface area contributed by atoms with E-state index in [1.54, 1.807) is 0 Å². The predicted octanol–water partition coefficient (Wildman–Crippen LogP) is 1.60. The van der Waals surface area contributed by atoms with Crippen LogP contribution in [0.3, 0.4) is 0 Å². The normalized spacial score (nSPS) is 13.2. The monoisotopic (exact) mass is 385 g/mol. The van der Waals surface area contributed by atoms with Crippen LogP contribution < -0.4 is 4.72 Å². The molecular formula is C13H17F2NO6S2. The summed E-state index contributed by atoms with van der Waals surface area (Å²) in [5.74, 6) is -4.91.